The van der Waals surface area contributed by atoms with Gasteiger partial charge in [0.05, 0.1) is 24.8 Å². The number of nitrogens with zero attached hydrogens (tertiary/aromatic N) is 1. The Labute approximate surface area is 222 Å². The smallest absolute Gasteiger partial charge is 0.497 e. The summed E-state index contributed by atoms with van der Waals surface area (Å²) in [6.45, 7) is 5.14. The molecule has 0 aliphatic rings. The van der Waals surface area contributed by atoms with Crippen LogP contribution in [-0.4, -0.2) is 42.5 Å². The van der Waals surface area contributed by atoms with E-state index in [0.29, 0.717) is 44.9 Å². The van der Waals surface area contributed by atoms with Gasteiger partial charge in [0, 0.05) is 34.5 Å². The van der Waals surface area contributed by atoms with E-state index in [-0.39, 0.29) is 12.4 Å². The SMILES string of the molecule is CCOC(=O)[C@@H](C)Oc1cccc(-n2c(C)c(C(=O)c3ccc(OC)cc3)c3ccc(OC(F)(F)F)cc32)c1. The number of carbonyl (C=O) groups excluding carboxylic acids is 2. The molecule has 1 heterocycles. The van der Waals surface area contributed by atoms with E-state index in [4.69, 9.17) is 14.2 Å². The summed E-state index contributed by atoms with van der Waals surface area (Å²) in [5.41, 5.74) is 2.02. The Kier molecular flexibility index (Phi) is 7.85. The zero-order chi connectivity index (χ0) is 28.3. The molecule has 0 N–H and O–H groups in total. The maximum atomic E-state index is 13.6. The lowest BCUT2D eigenvalue weighted by molar-refractivity contribution is -0.274. The number of carbonyl (C=O) groups is 2. The van der Waals surface area contributed by atoms with Gasteiger partial charge in [0.15, 0.2) is 11.9 Å². The number of fused-ring (bicyclic) bond motifs is 1. The van der Waals surface area contributed by atoms with Crippen molar-refractivity contribution in [3.05, 3.63) is 83.6 Å². The van der Waals surface area contributed by atoms with Crippen LogP contribution in [0, 0.1) is 6.92 Å². The van der Waals surface area contributed by atoms with E-state index in [0.717, 1.165) is 0 Å². The van der Waals surface area contributed by atoms with E-state index >= 15 is 0 Å². The summed E-state index contributed by atoms with van der Waals surface area (Å²) < 4.78 is 60.7. The van der Waals surface area contributed by atoms with E-state index in [9.17, 15) is 22.8 Å². The lowest BCUT2D eigenvalue weighted by Gasteiger charge is -2.15. The van der Waals surface area contributed by atoms with Crippen molar-refractivity contribution < 1.29 is 41.7 Å². The van der Waals surface area contributed by atoms with E-state index in [1.165, 1.54) is 25.3 Å². The summed E-state index contributed by atoms with van der Waals surface area (Å²) in [5, 5.41) is 0.439. The average Bonchev–Trinajstić information content (AvgIpc) is 3.18. The molecule has 1 atom stereocenters. The van der Waals surface area contributed by atoms with Crippen LogP contribution in [0.25, 0.3) is 16.6 Å². The topological polar surface area (TPSA) is 76.0 Å². The standard InChI is InChI=1S/C29H26F3NO6/c1-5-37-28(35)18(3)38-22-8-6-7-20(15-22)33-17(2)26(27(34)19-9-11-21(36-4)12-10-19)24-14-13-23(16-25(24)33)39-29(30,31)32/h6-16,18H,5H2,1-4H3/t18-/m1/s1. The number of aromatic nitrogens is 1. The molecule has 3 aromatic carbocycles. The number of hydrogen-bond acceptors (Lipinski definition) is 6. The summed E-state index contributed by atoms with van der Waals surface area (Å²) in [5.74, 6) is -0.368. The zero-order valence-electron chi connectivity index (χ0n) is 21.7. The van der Waals surface area contributed by atoms with Crippen LogP contribution in [0.2, 0.25) is 0 Å². The maximum absolute atomic E-state index is 13.6. The average molecular weight is 542 g/mol. The molecule has 4 rings (SSSR count). The van der Waals surface area contributed by atoms with Crippen molar-refractivity contribution in [3.63, 3.8) is 0 Å². The highest BCUT2D eigenvalue weighted by molar-refractivity contribution is 6.18. The van der Waals surface area contributed by atoms with Crippen molar-refractivity contribution in [1.82, 2.24) is 4.57 Å². The molecule has 0 saturated carbocycles. The third-order valence-electron chi connectivity index (χ3n) is 6.00. The van der Waals surface area contributed by atoms with E-state index in [1.807, 2.05) is 0 Å². The monoisotopic (exact) mass is 541 g/mol. The van der Waals surface area contributed by atoms with Crippen LogP contribution in [0.4, 0.5) is 13.2 Å². The normalized spacial score (nSPS) is 12.2. The molecule has 0 unspecified atom stereocenters. The number of ether oxygens (including phenoxy) is 4. The summed E-state index contributed by atoms with van der Waals surface area (Å²) in [4.78, 5) is 25.7. The molecule has 0 spiro atoms. The second kappa shape index (κ2) is 11.1. The molecule has 39 heavy (non-hydrogen) atoms. The zero-order valence-corrected chi connectivity index (χ0v) is 21.7. The minimum Gasteiger partial charge on any atom is -0.497 e. The van der Waals surface area contributed by atoms with Crippen LogP contribution in [0.5, 0.6) is 17.2 Å². The first-order valence-corrected chi connectivity index (χ1v) is 12.1. The Morgan fingerprint density at radius 3 is 2.28 bits per heavy atom. The van der Waals surface area contributed by atoms with Gasteiger partial charge in [-0.1, -0.05) is 6.07 Å². The molecule has 0 fully saturated rings. The minimum absolute atomic E-state index is 0.203. The number of hydrogen-bond donors (Lipinski definition) is 0. The van der Waals surface area contributed by atoms with Crippen molar-refractivity contribution in [2.75, 3.05) is 13.7 Å². The van der Waals surface area contributed by atoms with Gasteiger partial charge in [-0.15, -0.1) is 13.2 Å². The number of methoxy groups -OCH3 is 1. The Morgan fingerprint density at radius 2 is 1.64 bits per heavy atom. The highest BCUT2D eigenvalue weighted by Crippen LogP contribution is 2.35. The molecule has 0 radical (unpaired) electrons. The number of halogens is 3. The fourth-order valence-electron chi connectivity index (χ4n) is 4.31. The predicted octanol–water partition coefficient (Wildman–Crippen LogP) is 6.41. The first-order valence-electron chi connectivity index (χ1n) is 12.1. The molecule has 0 saturated heterocycles. The summed E-state index contributed by atoms with van der Waals surface area (Å²) in [6.07, 6.45) is -5.78. The van der Waals surface area contributed by atoms with Crippen LogP contribution in [0.3, 0.4) is 0 Å². The van der Waals surface area contributed by atoms with E-state index in [2.05, 4.69) is 4.74 Å². The maximum Gasteiger partial charge on any atom is 0.573 e. The number of alkyl halides is 3. The Balaban J connectivity index is 1.85. The van der Waals surface area contributed by atoms with Gasteiger partial charge in [0.25, 0.3) is 0 Å². The first kappa shape index (κ1) is 27.6. The fraction of sp³-hybridized carbons (Fsp3) is 0.241. The molecule has 0 bridgehead atoms. The molecule has 204 valence electrons. The van der Waals surface area contributed by atoms with Crippen molar-refractivity contribution in [3.8, 4) is 22.9 Å². The highest BCUT2D eigenvalue weighted by Gasteiger charge is 2.32. The molecule has 0 aliphatic carbocycles. The molecule has 7 nitrogen and oxygen atoms in total. The van der Waals surface area contributed by atoms with Gasteiger partial charge in [0.1, 0.15) is 17.2 Å². The minimum atomic E-state index is -4.89. The van der Waals surface area contributed by atoms with Crippen LogP contribution in [0.15, 0.2) is 66.7 Å². The predicted molar refractivity (Wildman–Crippen MR) is 138 cm³/mol. The highest BCUT2D eigenvalue weighted by atomic mass is 19.4. The van der Waals surface area contributed by atoms with Crippen molar-refractivity contribution in [2.45, 2.75) is 33.2 Å². The van der Waals surface area contributed by atoms with Gasteiger partial charge >= 0.3 is 12.3 Å². The summed E-state index contributed by atoms with van der Waals surface area (Å²) in [7, 11) is 1.51. The Bertz CT molecular complexity index is 1510. The van der Waals surface area contributed by atoms with Gasteiger partial charge in [0.2, 0.25) is 0 Å². The number of ketones is 1. The first-order chi connectivity index (χ1) is 18.5. The van der Waals surface area contributed by atoms with E-state index in [1.54, 1.807) is 73.9 Å². The van der Waals surface area contributed by atoms with Gasteiger partial charge in [-0.2, -0.15) is 0 Å². The lowest BCUT2D eigenvalue weighted by Crippen LogP contribution is -2.26. The van der Waals surface area contributed by atoms with Crippen LogP contribution < -0.4 is 14.2 Å². The van der Waals surface area contributed by atoms with Gasteiger partial charge in [-0.25, -0.2) is 4.79 Å². The molecule has 4 aromatic rings. The quantitative estimate of drug-likeness (QED) is 0.180. The van der Waals surface area contributed by atoms with Gasteiger partial charge in [-0.05, 0) is 69.3 Å². The molecule has 0 amide bonds. The number of benzene rings is 3. The van der Waals surface area contributed by atoms with Crippen molar-refractivity contribution >= 4 is 22.7 Å². The second-order valence-electron chi connectivity index (χ2n) is 8.59. The molecule has 1 aromatic heterocycles. The molecular formula is C29H26F3NO6. The molecular weight excluding hydrogens is 515 g/mol. The summed E-state index contributed by atoms with van der Waals surface area (Å²) >= 11 is 0. The fourth-order valence-corrected chi connectivity index (χ4v) is 4.31. The van der Waals surface area contributed by atoms with Crippen molar-refractivity contribution in [2.24, 2.45) is 0 Å². The Hall–Kier alpha value is -4.47. The summed E-state index contributed by atoms with van der Waals surface area (Å²) in [6, 6.07) is 17.0. The third kappa shape index (κ3) is 6.00. The molecule has 10 heteroatoms. The van der Waals surface area contributed by atoms with Crippen LogP contribution in [0.1, 0.15) is 35.5 Å². The largest absolute Gasteiger partial charge is 0.573 e. The van der Waals surface area contributed by atoms with Gasteiger partial charge < -0.3 is 23.5 Å². The van der Waals surface area contributed by atoms with Gasteiger partial charge in [-0.3, -0.25) is 4.79 Å². The second-order valence-corrected chi connectivity index (χ2v) is 8.59. The van der Waals surface area contributed by atoms with Crippen molar-refractivity contribution in [1.29, 1.82) is 0 Å². The van der Waals surface area contributed by atoms with E-state index < -0.39 is 24.2 Å². The van der Waals surface area contributed by atoms with Crippen LogP contribution in [-0.2, 0) is 9.53 Å². The lowest BCUT2D eigenvalue weighted by atomic mass is 10.0. The molecule has 0 aliphatic heterocycles. The Morgan fingerprint density at radius 1 is 0.949 bits per heavy atom. The number of esters is 1. The number of rotatable bonds is 9. The van der Waals surface area contributed by atoms with Crippen LogP contribution >= 0.6 is 0 Å². The third-order valence-corrected chi connectivity index (χ3v) is 6.00.